The Hall–Kier alpha value is -3.59. The summed E-state index contributed by atoms with van der Waals surface area (Å²) in [6, 6.07) is 34.1. The van der Waals surface area contributed by atoms with E-state index < -0.39 is 6.10 Å². The first-order valence-corrected chi connectivity index (χ1v) is 10.2. The van der Waals surface area contributed by atoms with Crippen LogP contribution >= 0.6 is 0 Å². The van der Waals surface area contributed by atoms with Gasteiger partial charge in [0.1, 0.15) is 5.75 Å². The van der Waals surface area contributed by atoms with Gasteiger partial charge < -0.3 is 9.64 Å². The van der Waals surface area contributed by atoms with Crippen molar-refractivity contribution in [2.45, 2.75) is 26.1 Å². The molecular formula is C27H25NO2. The van der Waals surface area contributed by atoms with Gasteiger partial charge >= 0.3 is 0 Å². The van der Waals surface area contributed by atoms with Crippen LogP contribution in [0.4, 0.5) is 0 Å². The maximum absolute atomic E-state index is 13.4. The molecule has 1 atom stereocenters. The number of carbonyl (C=O) groups is 1. The second-order valence-corrected chi connectivity index (χ2v) is 7.40. The SMILES string of the molecule is C[C@H](Oc1cccc2ccccc12)C(=O)N(Cc1ccccc1)Cc1ccccc1. The minimum absolute atomic E-state index is 0.0318. The number of fused-ring (bicyclic) bond motifs is 1. The van der Waals surface area contributed by atoms with Gasteiger partial charge in [-0.05, 0) is 29.5 Å². The molecule has 0 fully saturated rings. The molecule has 0 radical (unpaired) electrons. The lowest BCUT2D eigenvalue weighted by Gasteiger charge is -2.27. The summed E-state index contributed by atoms with van der Waals surface area (Å²) in [5.74, 6) is 0.698. The highest BCUT2D eigenvalue weighted by atomic mass is 16.5. The van der Waals surface area contributed by atoms with Gasteiger partial charge in [-0.1, -0.05) is 97.1 Å². The Kier molecular flexibility index (Phi) is 6.09. The van der Waals surface area contributed by atoms with E-state index >= 15 is 0 Å². The summed E-state index contributed by atoms with van der Waals surface area (Å²) in [4.78, 5) is 15.3. The van der Waals surface area contributed by atoms with E-state index in [1.54, 1.807) is 0 Å². The average molecular weight is 396 g/mol. The monoisotopic (exact) mass is 395 g/mol. The first-order valence-electron chi connectivity index (χ1n) is 10.2. The van der Waals surface area contributed by atoms with Gasteiger partial charge in [0, 0.05) is 18.5 Å². The molecule has 0 aliphatic rings. The summed E-state index contributed by atoms with van der Waals surface area (Å²) in [5, 5.41) is 2.11. The molecule has 0 bridgehead atoms. The first-order chi connectivity index (χ1) is 14.7. The molecule has 4 rings (SSSR count). The highest BCUT2D eigenvalue weighted by Gasteiger charge is 2.23. The Morgan fingerprint density at radius 3 is 1.90 bits per heavy atom. The van der Waals surface area contributed by atoms with Crippen LogP contribution in [0.3, 0.4) is 0 Å². The van der Waals surface area contributed by atoms with Gasteiger partial charge in [-0.3, -0.25) is 4.79 Å². The molecule has 0 spiro atoms. The van der Waals surface area contributed by atoms with Crippen LogP contribution in [0.25, 0.3) is 10.8 Å². The van der Waals surface area contributed by atoms with Crippen LogP contribution in [0.2, 0.25) is 0 Å². The third-order valence-electron chi connectivity index (χ3n) is 5.15. The summed E-state index contributed by atoms with van der Waals surface area (Å²) in [6.07, 6.45) is -0.594. The smallest absolute Gasteiger partial charge is 0.263 e. The molecule has 4 aromatic rings. The zero-order chi connectivity index (χ0) is 20.8. The number of carbonyl (C=O) groups excluding carboxylic acids is 1. The van der Waals surface area contributed by atoms with Crippen LogP contribution in [-0.4, -0.2) is 16.9 Å². The van der Waals surface area contributed by atoms with Crippen LogP contribution in [-0.2, 0) is 17.9 Å². The zero-order valence-corrected chi connectivity index (χ0v) is 17.1. The van der Waals surface area contributed by atoms with Gasteiger partial charge in [0.05, 0.1) is 0 Å². The van der Waals surface area contributed by atoms with Crippen LogP contribution in [0.15, 0.2) is 103 Å². The summed E-state index contributed by atoms with van der Waals surface area (Å²) in [5.41, 5.74) is 2.19. The summed E-state index contributed by atoms with van der Waals surface area (Å²) in [7, 11) is 0. The summed E-state index contributed by atoms with van der Waals surface area (Å²) in [6.45, 7) is 2.91. The van der Waals surface area contributed by atoms with E-state index in [0.29, 0.717) is 13.1 Å². The van der Waals surface area contributed by atoms with Crippen molar-refractivity contribution in [2.75, 3.05) is 0 Å². The highest BCUT2D eigenvalue weighted by Crippen LogP contribution is 2.26. The fourth-order valence-electron chi connectivity index (χ4n) is 3.62. The van der Waals surface area contributed by atoms with Crippen LogP contribution in [0, 0.1) is 0 Å². The van der Waals surface area contributed by atoms with Crippen molar-refractivity contribution in [2.24, 2.45) is 0 Å². The maximum Gasteiger partial charge on any atom is 0.263 e. The van der Waals surface area contributed by atoms with Gasteiger partial charge in [0.2, 0.25) is 0 Å². The molecule has 4 aromatic carbocycles. The predicted octanol–water partition coefficient (Wildman–Crippen LogP) is 5.84. The van der Waals surface area contributed by atoms with Crippen molar-refractivity contribution < 1.29 is 9.53 Å². The molecule has 30 heavy (non-hydrogen) atoms. The minimum atomic E-state index is -0.594. The molecule has 3 heteroatoms. The lowest BCUT2D eigenvalue weighted by molar-refractivity contribution is -0.139. The Morgan fingerprint density at radius 1 is 0.733 bits per heavy atom. The van der Waals surface area contributed by atoms with E-state index in [1.165, 1.54) is 0 Å². The third kappa shape index (κ3) is 4.69. The molecule has 0 saturated carbocycles. The zero-order valence-electron chi connectivity index (χ0n) is 17.1. The molecule has 0 aliphatic carbocycles. The van der Waals surface area contributed by atoms with Crippen molar-refractivity contribution in [1.82, 2.24) is 4.90 Å². The van der Waals surface area contributed by atoms with E-state index in [2.05, 4.69) is 0 Å². The number of nitrogens with zero attached hydrogens (tertiary/aromatic N) is 1. The van der Waals surface area contributed by atoms with E-state index in [-0.39, 0.29) is 5.91 Å². The van der Waals surface area contributed by atoms with E-state index in [0.717, 1.165) is 27.6 Å². The van der Waals surface area contributed by atoms with Crippen LogP contribution in [0.5, 0.6) is 5.75 Å². The third-order valence-corrected chi connectivity index (χ3v) is 5.15. The molecule has 0 heterocycles. The van der Waals surface area contributed by atoms with Gasteiger partial charge in [0.15, 0.2) is 6.10 Å². The lowest BCUT2D eigenvalue weighted by atomic mass is 10.1. The number of amides is 1. The molecular weight excluding hydrogens is 370 g/mol. The highest BCUT2D eigenvalue weighted by molar-refractivity contribution is 5.89. The molecule has 0 aromatic heterocycles. The van der Waals surface area contributed by atoms with Gasteiger partial charge in [-0.25, -0.2) is 0 Å². The topological polar surface area (TPSA) is 29.5 Å². The number of benzene rings is 4. The molecule has 0 saturated heterocycles. The molecule has 3 nitrogen and oxygen atoms in total. The van der Waals surface area contributed by atoms with Gasteiger partial charge in [-0.15, -0.1) is 0 Å². The second kappa shape index (κ2) is 9.27. The predicted molar refractivity (Wildman–Crippen MR) is 121 cm³/mol. The Labute approximate surface area is 177 Å². The van der Waals surface area contributed by atoms with Crippen LogP contribution < -0.4 is 4.74 Å². The molecule has 0 aliphatic heterocycles. The second-order valence-electron chi connectivity index (χ2n) is 7.40. The number of hydrogen-bond acceptors (Lipinski definition) is 2. The molecule has 150 valence electrons. The van der Waals surface area contributed by atoms with Crippen molar-refractivity contribution in [3.63, 3.8) is 0 Å². The van der Waals surface area contributed by atoms with Crippen molar-refractivity contribution in [3.8, 4) is 5.75 Å². The summed E-state index contributed by atoms with van der Waals surface area (Å²) >= 11 is 0. The first kappa shape index (κ1) is 19.7. The Morgan fingerprint density at radius 2 is 1.27 bits per heavy atom. The van der Waals surface area contributed by atoms with Crippen molar-refractivity contribution in [1.29, 1.82) is 0 Å². The maximum atomic E-state index is 13.4. The average Bonchev–Trinajstić information content (AvgIpc) is 2.80. The number of ether oxygens (including phenoxy) is 1. The largest absolute Gasteiger partial charge is 0.480 e. The lowest BCUT2D eigenvalue weighted by Crippen LogP contribution is -2.39. The van der Waals surface area contributed by atoms with E-state index in [4.69, 9.17) is 4.74 Å². The van der Waals surface area contributed by atoms with E-state index in [1.807, 2.05) is 115 Å². The molecule has 0 unspecified atom stereocenters. The standard InChI is InChI=1S/C27H25NO2/c1-21(30-26-18-10-16-24-15-8-9-17-25(24)26)27(29)28(19-22-11-4-2-5-12-22)20-23-13-6-3-7-14-23/h2-18,21H,19-20H2,1H3/t21-/m0/s1. The Bertz CT molecular complexity index is 1060. The quantitative estimate of drug-likeness (QED) is 0.394. The number of rotatable bonds is 7. The minimum Gasteiger partial charge on any atom is -0.480 e. The van der Waals surface area contributed by atoms with Crippen molar-refractivity contribution >= 4 is 16.7 Å². The van der Waals surface area contributed by atoms with Crippen molar-refractivity contribution in [3.05, 3.63) is 114 Å². The molecule has 1 amide bonds. The molecule has 0 N–H and O–H groups in total. The Balaban J connectivity index is 1.56. The fourth-order valence-corrected chi connectivity index (χ4v) is 3.62. The van der Waals surface area contributed by atoms with Crippen LogP contribution in [0.1, 0.15) is 18.1 Å². The normalized spacial score (nSPS) is 11.8. The van der Waals surface area contributed by atoms with E-state index in [9.17, 15) is 4.79 Å². The summed E-state index contributed by atoms with van der Waals surface area (Å²) < 4.78 is 6.15. The number of hydrogen-bond donors (Lipinski definition) is 0. The fraction of sp³-hybridized carbons (Fsp3) is 0.148. The van der Waals surface area contributed by atoms with Gasteiger partial charge in [-0.2, -0.15) is 0 Å². The van der Waals surface area contributed by atoms with Gasteiger partial charge in [0.25, 0.3) is 5.91 Å².